The molecule has 3 heteroatoms. The Labute approximate surface area is 60.8 Å². The fraction of sp³-hybridized carbons (Fsp3) is 0.400. The van der Waals surface area contributed by atoms with E-state index in [4.69, 9.17) is 22.2 Å². The Morgan fingerprint density at radius 2 is 2.25 bits per heavy atom. The van der Waals surface area contributed by atoms with E-state index in [-0.39, 0.29) is 0 Å². The lowest BCUT2D eigenvalue weighted by atomic mass is 10.6. The molecule has 0 unspecified atom stereocenters. The third-order valence-electron chi connectivity index (χ3n) is 0.581. The van der Waals surface area contributed by atoms with Crippen molar-refractivity contribution in [3.8, 4) is 0 Å². The van der Waals surface area contributed by atoms with Crippen molar-refractivity contribution in [3.05, 3.63) is 17.9 Å². The Kier molecular flexibility index (Phi) is 5.67. The maximum Gasteiger partial charge on any atom is 0.241 e. The van der Waals surface area contributed by atoms with E-state index in [1.165, 1.54) is 0 Å². The van der Waals surface area contributed by atoms with E-state index in [2.05, 4.69) is 5.73 Å². The molecule has 0 nitrogen and oxygen atoms in total. The lowest BCUT2D eigenvalue weighted by Gasteiger charge is -1.84. The molecule has 0 saturated heterocycles. The van der Waals surface area contributed by atoms with Crippen LogP contribution in [0.5, 0.6) is 0 Å². The molecule has 0 amide bonds. The van der Waals surface area contributed by atoms with Gasteiger partial charge in [0.2, 0.25) is 7.42 Å². The molecule has 0 aromatic carbocycles. The summed E-state index contributed by atoms with van der Waals surface area (Å²) < 4.78 is 0. The van der Waals surface area contributed by atoms with Gasteiger partial charge >= 0.3 is 0 Å². The second kappa shape index (κ2) is 5.45. The number of rotatable bonds is 2. The Morgan fingerprint density at radius 3 is 2.62 bits per heavy atom. The van der Waals surface area contributed by atoms with Gasteiger partial charge in [-0.2, -0.15) is 0 Å². The maximum atomic E-state index is 5.53. The van der Waals surface area contributed by atoms with Crippen LogP contribution in [0.15, 0.2) is 17.9 Å². The molecule has 0 saturated carbocycles. The third-order valence-corrected chi connectivity index (χ3v) is 2.24. The Hall–Kier alpha value is 0.317. The maximum absolute atomic E-state index is 5.53. The van der Waals surface area contributed by atoms with Crippen LogP contribution in [0, 0.1) is 0 Å². The van der Waals surface area contributed by atoms with E-state index in [9.17, 15) is 0 Å². The van der Waals surface area contributed by atoms with Crippen LogP contribution in [0.2, 0.25) is 6.04 Å². The van der Waals surface area contributed by atoms with Gasteiger partial charge in [0.25, 0.3) is 0 Å². The van der Waals surface area contributed by atoms with Gasteiger partial charge < -0.3 is 0 Å². The van der Waals surface area contributed by atoms with Gasteiger partial charge in [0.05, 0.1) is 0 Å². The van der Waals surface area contributed by atoms with Crippen LogP contribution in [0.4, 0.5) is 0 Å². The molecule has 0 aromatic heterocycles. The van der Waals surface area contributed by atoms with E-state index in [1.54, 1.807) is 0 Å². The van der Waals surface area contributed by atoms with Crippen LogP contribution in [-0.2, 0) is 0 Å². The summed E-state index contributed by atoms with van der Waals surface area (Å²) in [5.41, 5.74) is 2.90. The number of allylic oxidation sites excluding steroid dienone is 1. The van der Waals surface area contributed by atoms with Gasteiger partial charge in [-0.15, -0.1) is 27.9 Å². The van der Waals surface area contributed by atoms with Crippen molar-refractivity contribution >= 4 is 29.6 Å². The molecule has 0 aliphatic heterocycles. The Morgan fingerprint density at radius 1 is 1.62 bits per heavy atom. The van der Waals surface area contributed by atoms with Crippen molar-refractivity contribution in [2.45, 2.75) is 13.0 Å². The van der Waals surface area contributed by atoms with Crippen LogP contribution in [0.25, 0.3) is 0 Å². The molecule has 46 valence electrons. The fourth-order valence-corrected chi connectivity index (χ4v) is 1.12. The van der Waals surface area contributed by atoms with Crippen molar-refractivity contribution in [2.75, 3.05) is 0 Å². The minimum Gasteiger partial charge on any atom is -0.150 e. The van der Waals surface area contributed by atoms with Crippen molar-refractivity contribution in [1.29, 1.82) is 0 Å². The highest BCUT2D eigenvalue weighted by molar-refractivity contribution is 7.33. The summed E-state index contributed by atoms with van der Waals surface area (Å²) in [6.45, 7) is 1.91. The monoisotopic (exact) mass is 166 g/mol. The average molecular weight is 167 g/mol. The zero-order valence-electron chi connectivity index (χ0n) is 4.70. The van der Waals surface area contributed by atoms with Crippen LogP contribution < -0.4 is 0 Å². The van der Waals surface area contributed by atoms with E-state index in [0.717, 1.165) is 6.04 Å². The van der Waals surface area contributed by atoms with Gasteiger partial charge in [-0.05, 0) is 25.1 Å². The van der Waals surface area contributed by atoms with Gasteiger partial charge in [0.1, 0.15) is 0 Å². The molecule has 0 N–H and O–H groups in total. The second-order valence-corrected chi connectivity index (χ2v) is 6.37. The lowest BCUT2D eigenvalue weighted by molar-refractivity contribution is 1.68. The molecule has 0 radical (unpaired) electrons. The smallest absolute Gasteiger partial charge is 0.150 e. The highest BCUT2D eigenvalue weighted by atomic mass is 35.7. The molecule has 8 heavy (non-hydrogen) atoms. The first-order valence-corrected chi connectivity index (χ1v) is 6.72. The van der Waals surface area contributed by atoms with E-state index in [0.29, 0.717) is 0 Å². The highest BCUT2D eigenvalue weighted by Crippen LogP contribution is 2.01. The minimum atomic E-state index is -1.40. The first kappa shape index (κ1) is 8.32. The number of hydrogen-bond donors (Lipinski definition) is 0. The molecular formula is C5H8Cl2Si. The van der Waals surface area contributed by atoms with Gasteiger partial charge in [0.15, 0.2) is 0 Å². The standard InChI is InChI=1S/C5H8Cl2Si/c1-2-3-4-5-8(6)7/h2,4,8H,5H2,1H3. The number of halogens is 2. The molecule has 0 atom stereocenters. The Bertz CT molecular complexity index is 103. The number of hydrogen-bond acceptors (Lipinski definition) is 0. The zero-order chi connectivity index (χ0) is 6.41. The third kappa shape index (κ3) is 6.32. The minimum absolute atomic E-state index is 0.813. The predicted octanol–water partition coefficient (Wildman–Crippen LogP) is 2.42. The molecule has 0 heterocycles. The molecule has 0 aliphatic carbocycles. The van der Waals surface area contributed by atoms with Crippen LogP contribution in [0.1, 0.15) is 6.92 Å². The van der Waals surface area contributed by atoms with E-state index >= 15 is 0 Å². The first-order chi connectivity index (χ1) is 3.77. The van der Waals surface area contributed by atoms with Gasteiger partial charge in [0, 0.05) is 0 Å². The molecule has 0 bridgehead atoms. The predicted molar refractivity (Wildman–Crippen MR) is 42.0 cm³/mol. The van der Waals surface area contributed by atoms with Gasteiger partial charge in [-0.3, -0.25) is 0 Å². The summed E-state index contributed by atoms with van der Waals surface area (Å²) in [4.78, 5) is 0. The van der Waals surface area contributed by atoms with Gasteiger partial charge in [-0.1, -0.05) is 0 Å². The lowest BCUT2D eigenvalue weighted by Crippen LogP contribution is -1.85. The van der Waals surface area contributed by atoms with Crippen molar-refractivity contribution in [2.24, 2.45) is 0 Å². The van der Waals surface area contributed by atoms with Crippen molar-refractivity contribution in [1.82, 2.24) is 0 Å². The highest BCUT2D eigenvalue weighted by Gasteiger charge is 1.94. The largest absolute Gasteiger partial charge is 0.241 e. The topological polar surface area (TPSA) is 0 Å². The molecule has 0 rings (SSSR count). The van der Waals surface area contributed by atoms with Crippen molar-refractivity contribution in [3.63, 3.8) is 0 Å². The van der Waals surface area contributed by atoms with E-state index in [1.807, 2.05) is 19.1 Å². The van der Waals surface area contributed by atoms with Crippen LogP contribution in [-0.4, -0.2) is 7.42 Å². The van der Waals surface area contributed by atoms with Crippen molar-refractivity contribution < 1.29 is 0 Å². The summed E-state index contributed by atoms with van der Waals surface area (Å²) in [5.74, 6) is 0. The summed E-state index contributed by atoms with van der Waals surface area (Å²) >= 11 is 11.1. The van der Waals surface area contributed by atoms with Crippen LogP contribution >= 0.6 is 22.2 Å². The fourth-order valence-electron chi connectivity index (χ4n) is 0.275. The summed E-state index contributed by atoms with van der Waals surface area (Å²) in [5, 5.41) is 0. The molecular weight excluding hydrogens is 159 g/mol. The second-order valence-electron chi connectivity index (χ2n) is 1.29. The molecule has 0 fully saturated rings. The van der Waals surface area contributed by atoms with Gasteiger partial charge in [-0.25, -0.2) is 0 Å². The molecule has 0 aliphatic rings. The SMILES string of the molecule is CC=C=CC[SiH](Cl)Cl. The van der Waals surface area contributed by atoms with E-state index < -0.39 is 7.42 Å². The Balaban J connectivity index is 3.30. The summed E-state index contributed by atoms with van der Waals surface area (Å²) in [6, 6.07) is 0.813. The average Bonchev–Trinajstić information content (AvgIpc) is 1.66. The van der Waals surface area contributed by atoms with Crippen LogP contribution in [0.3, 0.4) is 0 Å². The zero-order valence-corrected chi connectivity index (χ0v) is 7.36. The quantitative estimate of drug-likeness (QED) is 0.336. The molecule has 0 spiro atoms. The summed E-state index contributed by atoms with van der Waals surface area (Å²) in [6.07, 6.45) is 3.71. The molecule has 0 aromatic rings. The normalized spacial score (nSPS) is 8.50. The summed E-state index contributed by atoms with van der Waals surface area (Å²) in [7, 11) is -1.40. The first-order valence-electron chi connectivity index (χ1n) is 2.41.